The zero-order valence-electron chi connectivity index (χ0n) is 35.5. The summed E-state index contributed by atoms with van der Waals surface area (Å²) in [7, 11) is -0.661. The Morgan fingerprint density at radius 3 is 1.44 bits per heavy atom. The molecule has 1 N–H and O–H groups in total. The highest BCUT2D eigenvalue weighted by atomic mass is 32.2. The first-order valence-corrected chi connectivity index (χ1v) is 22.2. The molecule has 11 nitrogen and oxygen atoms in total. The Kier molecular flexibility index (Phi) is 8.72. The molecule has 0 radical (unpaired) electrons. The van der Waals surface area contributed by atoms with Crippen molar-refractivity contribution in [2.24, 2.45) is 0 Å². The average Bonchev–Trinajstić information content (AvgIpc) is 3.85. The van der Waals surface area contributed by atoms with Crippen molar-refractivity contribution >= 4 is 50.5 Å². The third-order valence-corrected chi connectivity index (χ3v) is 15.1. The van der Waals surface area contributed by atoms with Gasteiger partial charge in [0.1, 0.15) is 17.2 Å². The molecular formula is C51H43N3O8S. The molecule has 0 aromatic heterocycles. The summed E-state index contributed by atoms with van der Waals surface area (Å²) >= 11 is 0. The molecule has 0 bridgehead atoms. The maximum Gasteiger partial charge on any atom is 0.266 e. The largest absolute Gasteiger partial charge is 0.497 e. The number of sulfone groups is 1. The number of ether oxygens (including phenoxy) is 2. The third-order valence-electron chi connectivity index (χ3n) is 13.3. The Morgan fingerprint density at radius 2 is 0.937 bits per heavy atom. The van der Waals surface area contributed by atoms with Crippen LogP contribution in [0.1, 0.15) is 104 Å². The summed E-state index contributed by atoms with van der Waals surface area (Å²) in [6, 6.07) is 33.4. The molecule has 4 aliphatic rings. The summed E-state index contributed by atoms with van der Waals surface area (Å²) < 4.78 is 39.4. The molecule has 1 spiro atoms. The second kappa shape index (κ2) is 13.7. The number of nitrogens with zero attached hydrogens (tertiary/aromatic N) is 2. The van der Waals surface area contributed by atoms with E-state index in [0.29, 0.717) is 17.2 Å². The number of rotatable bonds is 8. The number of methoxy groups -OCH3 is 1. The minimum atomic E-state index is -4.07. The lowest BCUT2D eigenvalue weighted by molar-refractivity contribution is 0.0910. The Hall–Kier alpha value is -7.05. The van der Waals surface area contributed by atoms with Gasteiger partial charge in [0.15, 0.2) is 0 Å². The molecule has 1 atom stereocenters. The van der Waals surface area contributed by atoms with Crippen LogP contribution >= 0.6 is 0 Å². The van der Waals surface area contributed by atoms with Gasteiger partial charge in [-0.2, -0.15) is 0 Å². The van der Waals surface area contributed by atoms with Crippen molar-refractivity contribution in [2.75, 3.05) is 29.3 Å². The molecule has 2 heterocycles. The Balaban J connectivity index is 0.862. The van der Waals surface area contributed by atoms with Crippen LogP contribution in [0.4, 0.5) is 17.1 Å². The second-order valence-electron chi connectivity index (χ2n) is 18.0. The van der Waals surface area contributed by atoms with Crippen molar-refractivity contribution in [1.29, 1.82) is 0 Å². The van der Waals surface area contributed by atoms with E-state index in [1.54, 1.807) is 50.6 Å². The lowest BCUT2D eigenvalue weighted by atomic mass is 9.72. The SMILES string of the molecule is CNc1ccc2c(c1)C(=O)N(c1ccc(S(=O)(=O)c3ccc(N4C(=O)c5ccc(Oc6ccc7c(c6)C(C)(C)CC76CC(C)(C)c7cc(OC)ccc76)cc5C4=O)cc3)cc1)C2=O. The van der Waals surface area contributed by atoms with Crippen molar-refractivity contribution < 1.29 is 37.1 Å². The predicted octanol–water partition coefficient (Wildman–Crippen LogP) is 9.61. The molecule has 4 amide bonds. The number of carbonyl (C=O) groups excluding carboxylic acids is 4. The molecule has 6 aromatic rings. The normalized spacial score (nSPS) is 19.0. The minimum Gasteiger partial charge on any atom is -0.497 e. The summed E-state index contributed by atoms with van der Waals surface area (Å²) in [5.41, 5.74) is 6.84. The summed E-state index contributed by atoms with van der Waals surface area (Å²) in [5, 5.41) is 2.95. The van der Waals surface area contributed by atoms with Crippen molar-refractivity contribution in [3.63, 3.8) is 0 Å². The highest BCUT2D eigenvalue weighted by Gasteiger charge is 2.56. The van der Waals surface area contributed by atoms with Gasteiger partial charge in [-0.25, -0.2) is 18.2 Å². The monoisotopic (exact) mass is 857 g/mol. The van der Waals surface area contributed by atoms with Crippen molar-refractivity contribution in [3.8, 4) is 17.2 Å². The van der Waals surface area contributed by atoms with Crippen molar-refractivity contribution in [1.82, 2.24) is 0 Å². The van der Waals surface area contributed by atoms with Crippen LogP contribution in [-0.4, -0.2) is 46.2 Å². The number of carbonyl (C=O) groups is 4. The molecule has 0 saturated heterocycles. The maximum atomic E-state index is 13.9. The van der Waals surface area contributed by atoms with Crippen LogP contribution in [0.3, 0.4) is 0 Å². The van der Waals surface area contributed by atoms with E-state index in [2.05, 4.69) is 63.3 Å². The van der Waals surface area contributed by atoms with Gasteiger partial charge in [0.25, 0.3) is 23.6 Å². The highest BCUT2D eigenvalue weighted by molar-refractivity contribution is 7.91. The predicted molar refractivity (Wildman–Crippen MR) is 239 cm³/mol. The number of hydrogen-bond donors (Lipinski definition) is 1. The number of amides is 4. The third kappa shape index (κ3) is 5.95. The zero-order valence-corrected chi connectivity index (χ0v) is 36.3. The van der Waals surface area contributed by atoms with Gasteiger partial charge in [0.05, 0.1) is 50.5 Å². The van der Waals surface area contributed by atoms with Crippen LogP contribution < -0.4 is 24.6 Å². The quantitative estimate of drug-likeness (QED) is 0.148. The number of anilines is 3. The lowest BCUT2D eigenvalue weighted by Gasteiger charge is -2.30. The van der Waals surface area contributed by atoms with Crippen LogP contribution in [-0.2, 0) is 26.1 Å². The van der Waals surface area contributed by atoms with E-state index in [-0.39, 0.29) is 59.7 Å². The first kappa shape index (κ1) is 40.0. The zero-order chi connectivity index (χ0) is 44.4. The molecule has 6 aromatic carbocycles. The molecule has 12 heteroatoms. The number of benzene rings is 6. The summed E-state index contributed by atoms with van der Waals surface area (Å²) in [6.45, 7) is 9.15. The van der Waals surface area contributed by atoms with Crippen LogP contribution in [0.15, 0.2) is 131 Å². The van der Waals surface area contributed by atoms with E-state index < -0.39 is 33.5 Å². The first-order chi connectivity index (χ1) is 30.0. The molecule has 63 heavy (non-hydrogen) atoms. The van der Waals surface area contributed by atoms with Gasteiger partial charge in [-0.1, -0.05) is 39.8 Å². The van der Waals surface area contributed by atoms with Crippen LogP contribution in [0.25, 0.3) is 0 Å². The summed E-state index contributed by atoms with van der Waals surface area (Å²) in [4.78, 5) is 55.7. The average molecular weight is 858 g/mol. The molecule has 316 valence electrons. The molecule has 1 unspecified atom stereocenters. The number of nitrogens with one attached hydrogen (secondary N) is 1. The Labute approximate surface area is 365 Å². The summed E-state index contributed by atoms with van der Waals surface area (Å²) in [6.07, 6.45) is 1.93. The number of imide groups is 2. The molecule has 0 fully saturated rings. The Morgan fingerprint density at radius 1 is 0.508 bits per heavy atom. The lowest BCUT2D eigenvalue weighted by Crippen LogP contribution is -2.29. The fourth-order valence-electron chi connectivity index (χ4n) is 10.4. The van der Waals surface area contributed by atoms with Crippen molar-refractivity contribution in [3.05, 3.63) is 166 Å². The van der Waals surface area contributed by atoms with Gasteiger partial charge in [-0.05, 0) is 155 Å². The highest BCUT2D eigenvalue weighted by Crippen LogP contribution is 2.63. The van der Waals surface area contributed by atoms with Crippen LogP contribution in [0.2, 0.25) is 0 Å². The molecular weight excluding hydrogens is 815 g/mol. The van der Waals surface area contributed by atoms with Crippen molar-refractivity contribution in [2.45, 2.75) is 66.6 Å². The van der Waals surface area contributed by atoms with E-state index in [9.17, 15) is 27.6 Å². The Bertz CT molecular complexity index is 3120. The fourth-order valence-corrected chi connectivity index (χ4v) is 11.7. The van der Waals surface area contributed by atoms with E-state index >= 15 is 0 Å². The summed E-state index contributed by atoms with van der Waals surface area (Å²) in [5.74, 6) is -0.216. The number of hydrogen-bond acceptors (Lipinski definition) is 9. The van der Waals surface area contributed by atoms with E-state index in [1.807, 2.05) is 6.07 Å². The van der Waals surface area contributed by atoms with E-state index in [0.717, 1.165) is 28.4 Å². The first-order valence-electron chi connectivity index (χ1n) is 20.7. The topological polar surface area (TPSA) is 139 Å². The molecule has 10 rings (SSSR count). The number of fused-ring (bicyclic) bond motifs is 6. The van der Waals surface area contributed by atoms with Gasteiger partial charge >= 0.3 is 0 Å². The molecule has 2 aliphatic carbocycles. The van der Waals surface area contributed by atoms with Gasteiger partial charge in [-0.3, -0.25) is 19.2 Å². The molecule has 0 saturated carbocycles. The van der Waals surface area contributed by atoms with Gasteiger partial charge in [0, 0.05) is 18.2 Å². The van der Waals surface area contributed by atoms with E-state index in [1.165, 1.54) is 70.8 Å². The van der Waals surface area contributed by atoms with Gasteiger partial charge in [0.2, 0.25) is 9.84 Å². The smallest absolute Gasteiger partial charge is 0.266 e. The van der Waals surface area contributed by atoms with Crippen LogP contribution in [0.5, 0.6) is 17.2 Å². The second-order valence-corrected chi connectivity index (χ2v) is 20.0. The maximum absolute atomic E-state index is 13.9. The minimum absolute atomic E-state index is 0.0412. The van der Waals surface area contributed by atoms with E-state index in [4.69, 9.17) is 9.47 Å². The standard InChI is InChI=1S/C51H43N3O8S/c1-49(2)27-51(41-21-13-32(61-6)25-43(41)49)28-50(3,4)44-26-34(14-22-42(44)51)62-33-12-20-38-40(24-33)48(58)54(46(38)56)31-10-17-36(18-11-31)63(59,60)35-15-8-30(9-16-35)53-45(55)37-19-7-29(52-5)23-39(37)47(53)57/h7-26,52H,27-28H2,1-6H3. The molecule has 2 aliphatic heterocycles. The van der Waals surface area contributed by atoms with Gasteiger partial charge < -0.3 is 14.8 Å². The fraction of sp³-hybridized carbons (Fsp3) is 0.216. The van der Waals surface area contributed by atoms with Crippen LogP contribution in [0, 0.1) is 0 Å². The van der Waals surface area contributed by atoms with Gasteiger partial charge in [-0.15, -0.1) is 0 Å².